The van der Waals surface area contributed by atoms with Crippen molar-refractivity contribution in [1.82, 2.24) is 0 Å². The molecule has 4 heteroatoms. The second-order valence-corrected chi connectivity index (χ2v) is 24.0. The molecule has 12 aromatic carbocycles. The highest BCUT2D eigenvalue weighted by molar-refractivity contribution is 6.30. The molecule has 15 rings (SSSR count). The number of phenols is 1. The van der Waals surface area contributed by atoms with E-state index in [0.717, 1.165) is 104 Å². The molecule has 0 aliphatic heterocycles. The third-order valence-electron chi connectivity index (χ3n) is 19.3. The van der Waals surface area contributed by atoms with E-state index in [1.807, 2.05) is 0 Å². The predicted octanol–water partition coefficient (Wildman–Crippen LogP) is 23.2. The lowest BCUT2D eigenvalue weighted by molar-refractivity contribution is 0.478. The van der Waals surface area contributed by atoms with E-state index < -0.39 is 0 Å². The van der Waals surface area contributed by atoms with Gasteiger partial charge in [-0.25, -0.2) is 0 Å². The van der Waals surface area contributed by atoms with Crippen LogP contribution in [0.4, 0.5) is 34.1 Å². The smallest absolute Gasteiger partial charge is 0.159 e. The Bertz CT molecular complexity index is 4630. The summed E-state index contributed by atoms with van der Waals surface area (Å²) < 4.78 is 7.37. The molecular formula is C80H70N2O2. The van der Waals surface area contributed by atoms with Crippen molar-refractivity contribution in [3.63, 3.8) is 0 Å². The van der Waals surface area contributed by atoms with Crippen LogP contribution < -0.4 is 9.80 Å². The first kappa shape index (κ1) is 51.7. The highest BCUT2D eigenvalue weighted by Crippen LogP contribution is 2.56. The Morgan fingerprint density at radius 2 is 0.821 bits per heavy atom. The van der Waals surface area contributed by atoms with Gasteiger partial charge in [0.1, 0.15) is 11.3 Å². The van der Waals surface area contributed by atoms with E-state index in [2.05, 4.69) is 250 Å². The Hall–Kier alpha value is -9.12. The maximum absolute atomic E-state index is 13.1. The van der Waals surface area contributed by atoms with Gasteiger partial charge in [0.2, 0.25) is 0 Å². The van der Waals surface area contributed by atoms with E-state index in [9.17, 15) is 5.11 Å². The summed E-state index contributed by atoms with van der Waals surface area (Å²) in [7, 11) is 0. The van der Waals surface area contributed by atoms with Crippen LogP contribution >= 0.6 is 0 Å². The standard InChI is InChI=1S/C80H70N2O2/c1-5-52-35-39-58(40-36-52)81(72-33-17-29-62(78(72)83)57-26-15-25-56(47-57)60-27-13-7-19-50(60)3)74-48-70(54-21-9-10-22-54)63-44-46-69-75(49-71(55-23-11-12-24-55)64-43-45-68(74)76(63)77(64)69)82(59-41-37-53(6-2)38-42-59)73-34-18-32-67-66-31-16-30-65(79(66)84-80(67)73)61-28-14-8-20-51(61)4/h7-8,13-20,25-49,54-55,83H,5-6,9-12,21-24H2,1-4H3. The fourth-order valence-electron chi connectivity index (χ4n) is 14.9. The van der Waals surface area contributed by atoms with Gasteiger partial charge in [0.25, 0.3) is 0 Å². The minimum Gasteiger partial charge on any atom is -0.505 e. The van der Waals surface area contributed by atoms with Crippen molar-refractivity contribution in [2.45, 2.75) is 104 Å². The normalized spacial score (nSPS) is 14.1. The van der Waals surface area contributed by atoms with Crippen molar-refractivity contribution in [2.24, 2.45) is 0 Å². The van der Waals surface area contributed by atoms with E-state index in [1.165, 1.54) is 115 Å². The average molecular weight is 1090 g/mol. The second-order valence-electron chi connectivity index (χ2n) is 24.0. The van der Waals surface area contributed by atoms with Crippen LogP contribution in [0.1, 0.15) is 110 Å². The van der Waals surface area contributed by atoms with Crippen molar-refractivity contribution in [3.8, 4) is 39.1 Å². The number of anilines is 6. The topological polar surface area (TPSA) is 39.9 Å². The maximum atomic E-state index is 13.1. The number of nitrogens with zero attached hydrogens (tertiary/aromatic N) is 2. The van der Waals surface area contributed by atoms with Gasteiger partial charge in [0.05, 0.1) is 22.7 Å². The first-order valence-electron chi connectivity index (χ1n) is 30.9. The third kappa shape index (κ3) is 8.63. The summed E-state index contributed by atoms with van der Waals surface area (Å²) in [5, 5.41) is 23.0. The Balaban J connectivity index is 1.01. The fraction of sp³-hybridized carbons (Fsp3) is 0.200. The maximum Gasteiger partial charge on any atom is 0.159 e. The summed E-state index contributed by atoms with van der Waals surface area (Å²) in [4.78, 5) is 4.90. The van der Waals surface area contributed by atoms with Crippen molar-refractivity contribution in [1.29, 1.82) is 0 Å². The first-order valence-corrected chi connectivity index (χ1v) is 30.9. The first-order chi connectivity index (χ1) is 41.3. The van der Waals surface area contributed by atoms with E-state index in [4.69, 9.17) is 4.42 Å². The number of para-hydroxylation sites is 3. The lowest BCUT2D eigenvalue weighted by Gasteiger charge is -2.32. The van der Waals surface area contributed by atoms with Crippen molar-refractivity contribution >= 4 is 88.4 Å². The van der Waals surface area contributed by atoms with Gasteiger partial charge in [-0.05, 0) is 196 Å². The van der Waals surface area contributed by atoms with Crippen LogP contribution in [0.2, 0.25) is 0 Å². The van der Waals surface area contributed by atoms with Crippen LogP contribution in [0, 0.1) is 13.8 Å². The fourth-order valence-corrected chi connectivity index (χ4v) is 14.9. The molecule has 13 aromatic rings. The number of furan rings is 1. The molecule has 0 bridgehead atoms. The summed E-state index contributed by atoms with van der Waals surface area (Å²) in [6, 6.07) is 78.7. The van der Waals surface area contributed by atoms with Crippen LogP contribution in [0.15, 0.2) is 217 Å². The van der Waals surface area contributed by atoms with E-state index in [-0.39, 0.29) is 5.75 Å². The van der Waals surface area contributed by atoms with Gasteiger partial charge in [0, 0.05) is 44.0 Å². The zero-order valence-electron chi connectivity index (χ0n) is 48.7. The predicted molar refractivity (Wildman–Crippen MR) is 355 cm³/mol. The molecule has 0 unspecified atom stereocenters. The summed E-state index contributed by atoms with van der Waals surface area (Å²) in [5.74, 6) is 1.08. The number of aryl methyl sites for hydroxylation is 4. The van der Waals surface area contributed by atoms with Gasteiger partial charge in [-0.1, -0.05) is 197 Å². The summed E-state index contributed by atoms with van der Waals surface area (Å²) >= 11 is 0. The quantitative estimate of drug-likeness (QED) is 0.117. The van der Waals surface area contributed by atoms with Crippen LogP contribution in [-0.4, -0.2) is 5.11 Å². The minimum atomic E-state index is 0.258. The molecule has 1 N–H and O–H groups in total. The average Bonchev–Trinajstić information content (AvgIpc) is 2.49. The zero-order chi connectivity index (χ0) is 56.6. The van der Waals surface area contributed by atoms with Gasteiger partial charge in [-0.15, -0.1) is 0 Å². The molecule has 1 heterocycles. The number of phenolic OH excluding ortho intramolecular Hbond substituents is 1. The molecule has 1 aromatic heterocycles. The number of benzene rings is 12. The Labute approximate surface area is 493 Å². The third-order valence-corrected chi connectivity index (χ3v) is 19.3. The molecule has 2 saturated carbocycles. The van der Waals surface area contributed by atoms with Crippen LogP contribution in [0.3, 0.4) is 0 Å². The zero-order valence-corrected chi connectivity index (χ0v) is 48.7. The molecule has 2 fully saturated rings. The Morgan fingerprint density at radius 3 is 1.38 bits per heavy atom. The molecule has 4 nitrogen and oxygen atoms in total. The summed E-state index contributed by atoms with van der Waals surface area (Å²) in [5.41, 5.74) is 22.1. The Kier molecular flexibility index (Phi) is 13.1. The van der Waals surface area contributed by atoms with E-state index >= 15 is 0 Å². The van der Waals surface area contributed by atoms with Crippen LogP contribution in [0.5, 0.6) is 5.75 Å². The van der Waals surface area contributed by atoms with Gasteiger partial charge in [0.15, 0.2) is 5.58 Å². The minimum absolute atomic E-state index is 0.258. The SMILES string of the molecule is CCc1ccc(N(c2cccc(-c3cccc(-c4ccccc4C)c3)c2O)c2cc(C3CCCC3)c3ccc4c(N(c5ccc(CC)cc5)c5cccc6c5oc5c(-c7ccccc7C)cccc56)cc(C5CCCC5)c5ccc2c3c54)cc1. The molecule has 412 valence electrons. The van der Waals surface area contributed by atoms with E-state index in [1.54, 1.807) is 0 Å². The van der Waals surface area contributed by atoms with Gasteiger partial charge < -0.3 is 19.3 Å². The van der Waals surface area contributed by atoms with Crippen LogP contribution in [-0.2, 0) is 12.8 Å². The molecule has 84 heavy (non-hydrogen) atoms. The van der Waals surface area contributed by atoms with Gasteiger partial charge >= 0.3 is 0 Å². The molecule has 2 aliphatic rings. The molecule has 0 atom stereocenters. The van der Waals surface area contributed by atoms with Crippen molar-refractivity contribution in [2.75, 3.05) is 9.80 Å². The largest absolute Gasteiger partial charge is 0.505 e. The number of fused-ring (bicyclic) bond motifs is 3. The molecular weight excluding hydrogens is 1020 g/mol. The van der Waals surface area contributed by atoms with Gasteiger partial charge in [-0.2, -0.15) is 0 Å². The van der Waals surface area contributed by atoms with Crippen molar-refractivity contribution in [3.05, 3.63) is 246 Å². The second kappa shape index (κ2) is 21.3. The highest BCUT2D eigenvalue weighted by atomic mass is 16.3. The Morgan fingerprint density at radius 1 is 0.381 bits per heavy atom. The number of hydrogen-bond acceptors (Lipinski definition) is 4. The number of hydrogen-bond donors (Lipinski definition) is 1. The number of rotatable bonds is 13. The van der Waals surface area contributed by atoms with Gasteiger partial charge in [-0.3, -0.25) is 0 Å². The summed E-state index contributed by atoms with van der Waals surface area (Å²) in [6.45, 7) is 8.81. The highest BCUT2D eigenvalue weighted by Gasteiger charge is 2.32. The number of aromatic hydroxyl groups is 1. The van der Waals surface area contributed by atoms with E-state index in [0.29, 0.717) is 11.8 Å². The van der Waals surface area contributed by atoms with Crippen molar-refractivity contribution < 1.29 is 9.52 Å². The summed E-state index contributed by atoms with van der Waals surface area (Å²) in [6.07, 6.45) is 11.4. The molecule has 0 amide bonds. The molecule has 0 radical (unpaired) electrons. The van der Waals surface area contributed by atoms with Crippen LogP contribution in [0.25, 0.3) is 87.6 Å². The molecule has 0 spiro atoms. The molecule has 0 saturated heterocycles. The lowest BCUT2D eigenvalue weighted by atomic mass is 9.82. The molecule has 2 aliphatic carbocycles. The monoisotopic (exact) mass is 1090 g/mol. The lowest BCUT2D eigenvalue weighted by Crippen LogP contribution is -2.14.